The molecule has 1 aliphatic heterocycles. The van der Waals surface area contributed by atoms with Crippen molar-refractivity contribution in [2.45, 2.75) is 13.3 Å². The van der Waals surface area contributed by atoms with Gasteiger partial charge in [0, 0.05) is 19.4 Å². The van der Waals surface area contributed by atoms with Crippen molar-refractivity contribution in [3.63, 3.8) is 0 Å². The SMILES string of the molecule is CC1CC(c2ccc(-c3ccc(F)cc3)cc2)=NN(C)C1=O. The molecule has 1 unspecified atom stereocenters. The van der Waals surface area contributed by atoms with Crippen LogP contribution in [0.15, 0.2) is 53.6 Å². The first-order chi connectivity index (χ1) is 10.5. The van der Waals surface area contributed by atoms with Gasteiger partial charge in [-0.2, -0.15) is 5.10 Å². The highest BCUT2D eigenvalue weighted by Crippen LogP contribution is 2.23. The number of hydrazone groups is 1. The normalized spacial score (nSPS) is 18.3. The van der Waals surface area contributed by atoms with E-state index in [9.17, 15) is 9.18 Å². The van der Waals surface area contributed by atoms with Crippen LogP contribution in [0.1, 0.15) is 18.9 Å². The fourth-order valence-electron chi connectivity index (χ4n) is 2.64. The Morgan fingerprint density at radius 1 is 1.00 bits per heavy atom. The molecule has 112 valence electrons. The molecular weight excluding hydrogens is 279 g/mol. The minimum absolute atomic E-state index is 0.0470. The van der Waals surface area contributed by atoms with E-state index in [2.05, 4.69) is 5.10 Å². The van der Waals surface area contributed by atoms with Gasteiger partial charge in [-0.25, -0.2) is 9.40 Å². The zero-order chi connectivity index (χ0) is 15.7. The van der Waals surface area contributed by atoms with Crippen molar-refractivity contribution >= 4 is 11.6 Å². The Balaban J connectivity index is 1.87. The Morgan fingerprint density at radius 2 is 1.50 bits per heavy atom. The van der Waals surface area contributed by atoms with E-state index in [1.807, 2.05) is 31.2 Å². The summed E-state index contributed by atoms with van der Waals surface area (Å²) in [5.41, 5.74) is 3.93. The Bertz CT molecular complexity index is 720. The summed E-state index contributed by atoms with van der Waals surface area (Å²) in [5, 5.41) is 5.76. The number of amides is 1. The number of hydrogen-bond donors (Lipinski definition) is 0. The summed E-state index contributed by atoms with van der Waals surface area (Å²) in [5.74, 6) is -0.236. The molecule has 2 aromatic carbocycles. The number of halogens is 1. The van der Waals surface area contributed by atoms with Crippen molar-refractivity contribution in [1.82, 2.24) is 5.01 Å². The van der Waals surface area contributed by atoms with Crippen LogP contribution in [0.2, 0.25) is 0 Å². The average Bonchev–Trinajstić information content (AvgIpc) is 2.53. The highest BCUT2D eigenvalue weighted by atomic mass is 19.1. The third kappa shape index (κ3) is 2.77. The van der Waals surface area contributed by atoms with Gasteiger partial charge in [-0.15, -0.1) is 0 Å². The lowest BCUT2D eigenvalue weighted by molar-refractivity contribution is -0.134. The minimum atomic E-state index is -0.237. The predicted molar refractivity (Wildman–Crippen MR) is 84.9 cm³/mol. The number of carbonyl (C=O) groups excluding carboxylic acids is 1. The van der Waals surface area contributed by atoms with Gasteiger partial charge in [-0.1, -0.05) is 43.3 Å². The van der Waals surface area contributed by atoms with Crippen molar-refractivity contribution in [2.24, 2.45) is 11.0 Å². The van der Waals surface area contributed by atoms with Crippen LogP contribution in [0, 0.1) is 11.7 Å². The van der Waals surface area contributed by atoms with Crippen molar-refractivity contribution in [3.8, 4) is 11.1 Å². The molecule has 4 heteroatoms. The van der Waals surface area contributed by atoms with Crippen LogP contribution < -0.4 is 0 Å². The first-order valence-corrected chi connectivity index (χ1v) is 7.26. The van der Waals surface area contributed by atoms with Gasteiger partial charge < -0.3 is 0 Å². The molecule has 3 nitrogen and oxygen atoms in total. The van der Waals surface area contributed by atoms with E-state index >= 15 is 0 Å². The van der Waals surface area contributed by atoms with Crippen molar-refractivity contribution in [2.75, 3.05) is 7.05 Å². The second-order valence-corrected chi connectivity index (χ2v) is 5.60. The van der Waals surface area contributed by atoms with Crippen molar-refractivity contribution in [1.29, 1.82) is 0 Å². The van der Waals surface area contributed by atoms with Crippen LogP contribution in [0.4, 0.5) is 4.39 Å². The maximum Gasteiger partial charge on any atom is 0.245 e. The molecule has 1 atom stereocenters. The summed E-state index contributed by atoms with van der Waals surface area (Å²) >= 11 is 0. The Hall–Kier alpha value is -2.49. The molecule has 1 aliphatic rings. The van der Waals surface area contributed by atoms with Crippen LogP contribution in [-0.4, -0.2) is 23.7 Å². The molecule has 0 saturated heterocycles. The largest absolute Gasteiger partial charge is 0.273 e. The van der Waals surface area contributed by atoms with Gasteiger partial charge in [-0.05, 0) is 28.8 Å². The summed E-state index contributed by atoms with van der Waals surface area (Å²) in [7, 11) is 1.69. The van der Waals surface area contributed by atoms with E-state index in [0.717, 1.165) is 22.4 Å². The lowest BCUT2D eigenvalue weighted by atomic mass is 9.95. The molecule has 0 N–H and O–H groups in total. The van der Waals surface area contributed by atoms with Gasteiger partial charge in [0.2, 0.25) is 5.91 Å². The number of carbonyl (C=O) groups is 1. The smallest absolute Gasteiger partial charge is 0.245 e. The van der Waals surface area contributed by atoms with Crippen molar-refractivity contribution < 1.29 is 9.18 Å². The van der Waals surface area contributed by atoms with Gasteiger partial charge in [0.1, 0.15) is 5.82 Å². The van der Waals surface area contributed by atoms with E-state index in [-0.39, 0.29) is 17.6 Å². The molecule has 22 heavy (non-hydrogen) atoms. The molecule has 0 bridgehead atoms. The number of hydrogen-bond acceptors (Lipinski definition) is 2. The highest BCUT2D eigenvalue weighted by Gasteiger charge is 2.25. The monoisotopic (exact) mass is 296 g/mol. The molecule has 0 radical (unpaired) electrons. The van der Waals surface area contributed by atoms with E-state index in [1.54, 1.807) is 19.2 Å². The Labute approximate surface area is 129 Å². The Kier molecular flexibility index (Phi) is 3.75. The number of rotatable bonds is 2. The van der Waals surface area contributed by atoms with Crippen molar-refractivity contribution in [3.05, 3.63) is 59.9 Å². The maximum atomic E-state index is 13.0. The van der Waals surface area contributed by atoms with E-state index in [4.69, 9.17) is 0 Å². The standard InChI is InChI=1S/C18H17FN2O/c1-12-11-17(20-21(2)18(12)22)15-5-3-13(4-6-15)14-7-9-16(19)10-8-14/h3-10,12H,11H2,1-2H3. The van der Waals surface area contributed by atoms with E-state index in [0.29, 0.717) is 6.42 Å². The van der Waals surface area contributed by atoms with Crippen LogP contribution in [0.25, 0.3) is 11.1 Å². The molecular formula is C18H17FN2O. The van der Waals surface area contributed by atoms with E-state index < -0.39 is 0 Å². The zero-order valence-corrected chi connectivity index (χ0v) is 12.6. The van der Waals surface area contributed by atoms with Gasteiger partial charge >= 0.3 is 0 Å². The molecule has 1 amide bonds. The Morgan fingerprint density at radius 3 is 2.05 bits per heavy atom. The average molecular weight is 296 g/mol. The molecule has 1 heterocycles. The molecule has 0 spiro atoms. The minimum Gasteiger partial charge on any atom is -0.273 e. The van der Waals surface area contributed by atoms with Crippen LogP contribution in [0.3, 0.4) is 0 Å². The van der Waals surface area contributed by atoms with Gasteiger partial charge in [0.15, 0.2) is 0 Å². The summed E-state index contributed by atoms with van der Waals surface area (Å²) in [6, 6.07) is 14.4. The molecule has 0 saturated carbocycles. The fraction of sp³-hybridized carbons (Fsp3) is 0.222. The summed E-state index contributed by atoms with van der Waals surface area (Å²) in [4.78, 5) is 11.8. The topological polar surface area (TPSA) is 32.7 Å². The highest BCUT2D eigenvalue weighted by molar-refractivity contribution is 6.04. The second-order valence-electron chi connectivity index (χ2n) is 5.60. The molecule has 0 fully saturated rings. The molecule has 3 rings (SSSR count). The maximum absolute atomic E-state index is 13.0. The molecule has 0 aliphatic carbocycles. The third-order valence-electron chi connectivity index (χ3n) is 3.91. The third-order valence-corrected chi connectivity index (χ3v) is 3.91. The number of benzene rings is 2. The summed E-state index contributed by atoms with van der Waals surface area (Å²) in [6.07, 6.45) is 0.652. The predicted octanol–water partition coefficient (Wildman–Crippen LogP) is 3.70. The second kappa shape index (κ2) is 5.72. The number of nitrogens with zero attached hydrogens (tertiary/aromatic N) is 2. The van der Waals surface area contributed by atoms with Gasteiger partial charge in [0.25, 0.3) is 0 Å². The van der Waals surface area contributed by atoms with Gasteiger partial charge in [-0.3, -0.25) is 4.79 Å². The summed E-state index contributed by atoms with van der Waals surface area (Å²) < 4.78 is 13.0. The molecule has 2 aromatic rings. The fourth-order valence-corrected chi connectivity index (χ4v) is 2.64. The zero-order valence-electron chi connectivity index (χ0n) is 12.6. The van der Waals surface area contributed by atoms with Crippen LogP contribution in [0.5, 0.6) is 0 Å². The first-order valence-electron chi connectivity index (χ1n) is 7.26. The van der Waals surface area contributed by atoms with E-state index in [1.165, 1.54) is 17.1 Å². The van der Waals surface area contributed by atoms with Crippen LogP contribution in [-0.2, 0) is 4.79 Å². The first kappa shape index (κ1) is 14.4. The van der Waals surface area contributed by atoms with Crippen LogP contribution >= 0.6 is 0 Å². The summed E-state index contributed by atoms with van der Waals surface area (Å²) in [6.45, 7) is 1.92. The quantitative estimate of drug-likeness (QED) is 0.831. The lowest BCUT2D eigenvalue weighted by Crippen LogP contribution is -2.34. The molecule has 0 aromatic heterocycles. The van der Waals surface area contributed by atoms with Gasteiger partial charge in [0.05, 0.1) is 5.71 Å². The lowest BCUT2D eigenvalue weighted by Gasteiger charge is -2.24.